The van der Waals surface area contributed by atoms with Crippen LogP contribution in [0.1, 0.15) is 46.7 Å². The van der Waals surface area contributed by atoms with Crippen molar-refractivity contribution < 1.29 is 14.7 Å². The first-order valence-electron chi connectivity index (χ1n) is 7.37. The zero-order chi connectivity index (χ0) is 15.0. The molecule has 1 aromatic rings. The lowest BCUT2D eigenvalue weighted by Gasteiger charge is -2.25. The summed E-state index contributed by atoms with van der Waals surface area (Å²) in [4.78, 5) is 25.8. The maximum atomic E-state index is 12.2. The first-order valence-corrected chi connectivity index (χ1v) is 7.37. The molecule has 0 atom stereocenters. The molecular formula is C14H20N4O3. The molecule has 0 saturated heterocycles. The number of rotatable bonds is 2. The minimum atomic E-state index is -0.244. The van der Waals surface area contributed by atoms with E-state index in [0.29, 0.717) is 37.3 Å². The van der Waals surface area contributed by atoms with Gasteiger partial charge >= 0.3 is 0 Å². The second kappa shape index (κ2) is 5.48. The molecule has 2 amide bonds. The molecule has 1 aliphatic heterocycles. The van der Waals surface area contributed by atoms with Crippen LogP contribution in [-0.2, 0) is 6.54 Å². The van der Waals surface area contributed by atoms with Crippen molar-refractivity contribution in [1.82, 2.24) is 20.0 Å². The van der Waals surface area contributed by atoms with Crippen LogP contribution in [-0.4, -0.2) is 57.3 Å². The molecule has 0 aromatic carbocycles. The number of aromatic nitrogens is 2. The van der Waals surface area contributed by atoms with E-state index in [0.717, 1.165) is 12.8 Å². The highest BCUT2D eigenvalue weighted by atomic mass is 16.3. The van der Waals surface area contributed by atoms with Gasteiger partial charge in [0.25, 0.3) is 11.8 Å². The minimum Gasteiger partial charge on any atom is -0.393 e. The summed E-state index contributed by atoms with van der Waals surface area (Å²) >= 11 is 0. The minimum absolute atomic E-state index is 0.0815. The Morgan fingerprint density at radius 2 is 2.05 bits per heavy atom. The quantitative estimate of drug-likeness (QED) is 0.803. The molecule has 1 aliphatic carbocycles. The van der Waals surface area contributed by atoms with Crippen molar-refractivity contribution in [3.05, 3.63) is 17.5 Å². The fourth-order valence-electron chi connectivity index (χ4n) is 2.89. The highest BCUT2D eigenvalue weighted by molar-refractivity contribution is 5.98. The van der Waals surface area contributed by atoms with Crippen LogP contribution in [0.15, 0.2) is 6.07 Å². The number of nitrogens with one attached hydrogen (secondary N) is 1. The summed E-state index contributed by atoms with van der Waals surface area (Å²) in [6.07, 6.45) is 2.75. The van der Waals surface area contributed by atoms with Gasteiger partial charge in [0, 0.05) is 25.7 Å². The van der Waals surface area contributed by atoms with Crippen LogP contribution in [0.4, 0.5) is 0 Å². The van der Waals surface area contributed by atoms with Crippen LogP contribution in [0.2, 0.25) is 0 Å². The van der Waals surface area contributed by atoms with Gasteiger partial charge in [0.15, 0.2) is 5.69 Å². The second-order valence-corrected chi connectivity index (χ2v) is 5.84. The Morgan fingerprint density at radius 3 is 2.76 bits per heavy atom. The number of carbonyl (C=O) groups is 2. The smallest absolute Gasteiger partial charge is 0.272 e. The molecule has 114 valence electrons. The third-order valence-corrected chi connectivity index (χ3v) is 4.26. The van der Waals surface area contributed by atoms with Crippen LogP contribution in [0.25, 0.3) is 0 Å². The van der Waals surface area contributed by atoms with E-state index in [2.05, 4.69) is 10.4 Å². The van der Waals surface area contributed by atoms with Crippen molar-refractivity contribution in [2.75, 3.05) is 13.6 Å². The van der Waals surface area contributed by atoms with Crippen molar-refractivity contribution in [2.24, 2.45) is 0 Å². The van der Waals surface area contributed by atoms with Gasteiger partial charge in [-0.05, 0) is 25.7 Å². The number of likely N-dealkylation sites (N-methyl/N-ethyl adjacent to an activating group) is 1. The molecule has 0 radical (unpaired) electrons. The molecule has 0 bridgehead atoms. The van der Waals surface area contributed by atoms with E-state index >= 15 is 0 Å². The van der Waals surface area contributed by atoms with E-state index in [9.17, 15) is 14.7 Å². The molecule has 2 aliphatic rings. The van der Waals surface area contributed by atoms with Crippen LogP contribution >= 0.6 is 0 Å². The van der Waals surface area contributed by atoms with E-state index in [-0.39, 0.29) is 24.0 Å². The van der Waals surface area contributed by atoms with Crippen molar-refractivity contribution in [1.29, 1.82) is 0 Å². The molecule has 2 heterocycles. The zero-order valence-corrected chi connectivity index (χ0v) is 12.1. The summed E-state index contributed by atoms with van der Waals surface area (Å²) < 4.78 is 1.60. The Bertz CT molecular complexity index is 561. The highest BCUT2D eigenvalue weighted by Crippen LogP contribution is 2.19. The number of amides is 2. The molecule has 7 nitrogen and oxygen atoms in total. The number of hydrogen-bond acceptors (Lipinski definition) is 4. The molecular weight excluding hydrogens is 272 g/mol. The molecule has 3 rings (SSSR count). The molecule has 1 fully saturated rings. The third kappa shape index (κ3) is 2.78. The Kier molecular flexibility index (Phi) is 3.67. The summed E-state index contributed by atoms with van der Waals surface area (Å²) in [6.45, 7) is 1.22. The first-order chi connectivity index (χ1) is 10.0. The van der Waals surface area contributed by atoms with Gasteiger partial charge < -0.3 is 15.3 Å². The number of aliphatic hydroxyl groups excluding tert-OH is 1. The van der Waals surface area contributed by atoms with Gasteiger partial charge in [-0.25, -0.2) is 0 Å². The molecule has 0 spiro atoms. The molecule has 1 saturated carbocycles. The lowest BCUT2D eigenvalue weighted by Crippen LogP contribution is -2.38. The van der Waals surface area contributed by atoms with Gasteiger partial charge in [0.2, 0.25) is 0 Å². The van der Waals surface area contributed by atoms with Crippen molar-refractivity contribution in [2.45, 2.75) is 44.4 Å². The SMILES string of the molecule is CN1CCn2nc(C(=O)NC3CCC(O)CC3)cc2C1=O. The summed E-state index contributed by atoms with van der Waals surface area (Å²) in [7, 11) is 1.74. The predicted molar refractivity (Wildman–Crippen MR) is 74.9 cm³/mol. The monoisotopic (exact) mass is 292 g/mol. The maximum absolute atomic E-state index is 12.2. The highest BCUT2D eigenvalue weighted by Gasteiger charge is 2.27. The largest absolute Gasteiger partial charge is 0.393 e. The summed E-state index contributed by atoms with van der Waals surface area (Å²) in [6, 6.07) is 1.64. The number of aliphatic hydroxyl groups is 1. The van der Waals surface area contributed by atoms with Gasteiger partial charge in [-0.15, -0.1) is 0 Å². The van der Waals surface area contributed by atoms with Crippen molar-refractivity contribution in [3.63, 3.8) is 0 Å². The molecule has 7 heteroatoms. The molecule has 21 heavy (non-hydrogen) atoms. The van der Waals surface area contributed by atoms with Gasteiger partial charge in [-0.3, -0.25) is 14.3 Å². The number of hydrogen-bond donors (Lipinski definition) is 2. The lowest BCUT2D eigenvalue weighted by molar-refractivity contribution is 0.0741. The normalized spacial score (nSPS) is 25.6. The van der Waals surface area contributed by atoms with E-state index in [4.69, 9.17) is 0 Å². The predicted octanol–water partition coefficient (Wildman–Crippen LogP) is 0.00200. The Hall–Kier alpha value is -1.89. The number of fused-ring (bicyclic) bond motifs is 1. The Morgan fingerprint density at radius 1 is 1.33 bits per heavy atom. The molecule has 1 aromatic heterocycles. The molecule has 2 N–H and O–H groups in total. The average Bonchev–Trinajstić information content (AvgIpc) is 2.90. The van der Waals surface area contributed by atoms with E-state index < -0.39 is 0 Å². The van der Waals surface area contributed by atoms with Crippen LogP contribution < -0.4 is 5.32 Å². The Balaban J connectivity index is 1.68. The Labute approximate surface area is 122 Å². The van der Waals surface area contributed by atoms with E-state index in [1.165, 1.54) is 0 Å². The van der Waals surface area contributed by atoms with Crippen LogP contribution in [0, 0.1) is 0 Å². The van der Waals surface area contributed by atoms with Crippen LogP contribution in [0.3, 0.4) is 0 Å². The van der Waals surface area contributed by atoms with Gasteiger partial charge in [-0.1, -0.05) is 0 Å². The average molecular weight is 292 g/mol. The maximum Gasteiger partial charge on any atom is 0.272 e. The van der Waals surface area contributed by atoms with Crippen molar-refractivity contribution >= 4 is 11.8 Å². The summed E-state index contributed by atoms with van der Waals surface area (Å²) in [5, 5.41) is 16.6. The van der Waals surface area contributed by atoms with Gasteiger partial charge in [0.1, 0.15) is 5.69 Å². The third-order valence-electron chi connectivity index (χ3n) is 4.26. The van der Waals surface area contributed by atoms with Gasteiger partial charge in [-0.2, -0.15) is 5.10 Å². The fourth-order valence-corrected chi connectivity index (χ4v) is 2.89. The topological polar surface area (TPSA) is 87.5 Å². The molecule has 0 unspecified atom stereocenters. The fraction of sp³-hybridized carbons (Fsp3) is 0.643. The lowest BCUT2D eigenvalue weighted by atomic mass is 9.93. The number of nitrogens with zero attached hydrogens (tertiary/aromatic N) is 3. The zero-order valence-electron chi connectivity index (χ0n) is 12.1. The van der Waals surface area contributed by atoms with Crippen molar-refractivity contribution in [3.8, 4) is 0 Å². The van der Waals surface area contributed by atoms with E-state index in [1.54, 1.807) is 22.7 Å². The second-order valence-electron chi connectivity index (χ2n) is 5.84. The number of carbonyl (C=O) groups excluding carboxylic acids is 2. The summed E-state index contributed by atoms with van der Waals surface area (Å²) in [5.41, 5.74) is 0.757. The standard InChI is InChI=1S/C14H20N4O3/c1-17-6-7-18-12(14(17)21)8-11(16-18)13(20)15-9-2-4-10(19)5-3-9/h8-10,19H,2-7H2,1H3,(H,15,20). The van der Waals surface area contributed by atoms with Gasteiger partial charge in [0.05, 0.1) is 12.6 Å². The first kappa shape index (κ1) is 14.1. The summed E-state index contributed by atoms with van der Waals surface area (Å²) in [5.74, 6) is -0.345. The van der Waals surface area contributed by atoms with Crippen LogP contribution in [0.5, 0.6) is 0 Å². The van der Waals surface area contributed by atoms with E-state index in [1.807, 2.05) is 0 Å².